The average molecular weight is 326 g/mol. The zero-order valence-corrected chi connectivity index (χ0v) is 12.1. The Morgan fingerprint density at radius 3 is 2.32 bits per heavy atom. The van der Waals surface area contributed by atoms with Crippen molar-refractivity contribution in [2.24, 2.45) is 0 Å². The van der Waals surface area contributed by atoms with Crippen molar-refractivity contribution in [3.63, 3.8) is 0 Å². The van der Waals surface area contributed by atoms with Crippen LogP contribution in [0.2, 0.25) is 0 Å². The molecule has 0 aliphatic heterocycles. The third kappa shape index (κ3) is 3.85. The predicted molar refractivity (Wildman–Crippen MR) is 75.8 cm³/mol. The van der Waals surface area contributed by atoms with Crippen molar-refractivity contribution < 1.29 is 8.78 Å². The molecular weight excluding hydrogens is 312 g/mol. The fourth-order valence-corrected chi connectivity index (χ4v) is 2.26. The first-order valence-corrected chi connectivity index (χ1v) is 6.75. The van der Waals surface area contributed by atoms with Crippen molar-refractivity contribution in [2.75, 3.05) is 0 Å². The summed E-state index contributed by atoms with van der Waals surface area (Å²) in [5.41, 5.74) is 2.81. The number of aryl methyl sites for hydroxylation is 1. The Morgan fingerprint density at radius 1 is 0.947 bits per heavy atom. The standard InChI is InChI=1S/C15H14BrF2N/c1-10-6-13(17)3-2-11(10)8-19-9-12-7-14(18)4-5-15(12)16/h2-7,19H,8-9H2,1H3. The highest BCUT2D eigenvalue weighted by atomic mass is 79.9. The van der Waals surface area contributed by atoms with Crippen molar-refractivity contribution in [3.8, 4) is 0 Å². The van der Waals surface area contributed by atoms with Gasteiger partial charge in [0.25, 0.3) is 0 Å². The van der Waals surface area contributed by atoms with E-state index in [9.17, 15) is 8.78 Å². The highest BCUT2D eigenvalue weighted by molar-refractivity contribution is 9.10. The molecule has 0 fully saturated rings. The molecule has 19 heavy (non-hydrogen) atoms. The average Bonchev–Trinajstić information content (AvgIpc) is 2.36. The Kier molecular flexibility index (Phi) is 4.66. The SMILES string of the molecule is Cc1cc(F)ccc1CNCc1cc(F)ccc1Br. The Hall–Kier alpha value is -1.26. The molecule has 100 valence electrons. The van der Waals surface area contributed by atoms with E-state index in [-0.39, 0.29) is 11.6 Å². The third-order valence-corrected chi connectivity index (χ3v) is 3.72. The van der Waals surface area contributed by atoms with E-state index < -0.39 is 0 Å². The van der Waals surface area contributed by atoms with E-state index in [1.54, 1.807) is 12.1 Å². The van der Waals surface area contributed by atoms with Gasteiger partial charge in [0.2, 0.25) is 0 Å². The number of hydrogen-bond acceptors (Lipinski definition) is 1. The molecule has 2 aromatic rings. The van der Waals surface area contributed by atoms with Gasteiger partial charge in [-0.2, -0.15) is 0 Å². The van der Waals surface area contributed by atoms with Gasteiger partial charge in [-0.1, -0.05) is 22.0 Å². The van der Waals surface area contributed by atoms with Crippen LogP contribution in [0.25, 0.3) is 0 Å². The topological polar surface area (TPSA) is 12.0 Å². The third-order valence-electron chi connectivity index (χ3n) is 2.94. The first-order chi connectivity index (χ1) is 9.06. The molecule has 4 heteroatoms. The van der Waals surface area contributed by atoms with E-state index in [0.29, 0.717) is 13.1 Å². The lowest BCUT2D eigenvalue weighted by atomic mass is 10.1. The number of benzene rings is 2. The van der Waals surface area contributed by atoms with E-state index in [0.717, 1.165) is 21.2 Å². The van der Waals surface area contributed by atoms with Crippen LogP contribution in [-0.2, 0) is 13.1 Å². The second-order valence-electron chi connectivity index (χ2n) is 4.41. The van der Waals surface area contributed by atoms with Gasteiger partial charge in [-0.15, -0.1) is 0 Å². The first-order valence-electron chi connectivity index (χ1n) is 5.96. The van der Waals surface area contributed by atoms with Crippen molar-refractivity contribution in [1.29, 1.82) is 0 Å². The van der Waals surface area contributed by atoms with Crippen molar-refractivity contribution >= 4 is 15.9 Å². The molecule has 0 atom stereocenters. The highest BCUT2D eigenvalue weighted by Crippen LogP contribution is 2.18. The van der Waals surface area contributed by atoms with Gasteiger partial charge in [0, 0.05) is 17.6 Å². The highest BCUT2D eigenvalue weighted by Gasteiger charge is 2.03. The summed E-state index contributed by atoms with van der Waals surface area (Å²) in [4.78, 5) is 0. The summed E-state index contributed by atoms with van der Waals surface area (Å²) in [6, 6.07) is 9.32. The summed E-state index contributed by atoms with van der Waals surface area (Å²) in [5, 5.41) is 3.23. The Morgan fingerprint density at radius 2 is 1.58 bits per heavy atom. The summed E-state index contributed by atoms with van der Waals surface area (Å²) in [7, 11) is 0. The molecule has 0 saturated heterocycles. The van der Waals surface area contributed by atoms with Crippen LogP contribution >= 0.6 is 15.9 Å². The van der Waals surface area contributed by atoms with Crippen molar-refractivity contribution in [3.05, 3.63) is 69.2 Å². The van der Waals surface area contributed by atoms with Crippen molar-refractivity contribution in [2.45, 2.75) is 20.0 Å². The maximum atomic E-state index is 13.1. The Balaban J connectivity index is 1.98. The van der Waals surface area contributed by atoms with Crippen LogP contribution < -0.4 is 5.32 Å². The zero-order valence-electron chi connectivity index (χ0n) is 10.5. The van der Waals surface area contributed by atoms with Crippen LogP contribution in [0.3, 0.4) is 0 Å². The van der Waals surface area contributed by atoms with Crippen LogP contribution in [0.1, 0.15) is 16.7 Å². The monoisotopic (exact) mass is 325 g/mol. The molecule has 0 heterocycles. The number of halogens is 3. The largest absolute Gasteiger partial charge is 0.309 e. The summed E-state index contributed by atoms with van der Waals surface area (Å²) in [6.07, 6.45) is 0. The predicted octanol–water partition coefficient (Wildman–Crippen LogP) is 4.33. The Labute approximate surface area is 119 Å². The first kappa shape index (κ1) is 14.2. The van der Waals surface area contributed by atoms with Gasteiger partial charge in [0.1, 0.15) is 11.6 Å². The van der Waals surface area contributed by atoms with E-state index in [4.69, 9.17) is 0 Å². The van der Waals surface area contributed by atoms with Gasteiger partial charge in [0.05, 0.1) is 0 Å². The molecule has 0 aliphatic carbocycles. The number of rotatable bonds is 4. The lowest BCUT2D eigenvalue weighted by Crippen LogP contribution is -2.14. The zero-order chi connectivity index (χ0) is 13.8. The minimum atomic E-state index is -0.252. The minimum Gasteiger partial charge on any atom is -0.309 e. The minimum absolute atomic E-state index is 0.228. The van der Waals surface area contributed by atoms with Gasteiger partial charge in [0.15, 0.2) is 0 Å². The second kappa shape index (κ2) is 6.26. The summed E-state index contributed by atoms with van der Waals surface area (Å²) < 4.78 is 27.0. The summed E-state index contributed by atoms with van der Waals surface area (Å²) in [5.74, 6) is -0.480. The molecule has 0 unspecified atom stereocenters. The fourth-order valence-electron chi connectivity index (χ4n) is 1.87. The van der Waals surface area contributed by atoms with Crippen molar-refractivity contribution in [1.82, 2.24) is 5.32 Å². The van der Waals surface area contributed by atoms with Gasteiger partial charge >= 0.3 is 0 Å². The van der Waals surface area contributed by atoms with Crippen LogP contribution in [0.5, 0.6) is 0 Å². The van der Waals surface area contributed by atoms with Crippen LogP contribution in [0.15, 0.2) is 40.9 Å². The molecular formula is C15H14BrF2N. The molecule has 2 rings (SSSR count). The van der Waals surface area contributed by atoms with E-state index >= 15 is 0 Å². The smallest absolute Gasteiger partial charge is 0.123 e. The van der Waals surface area contributed by atoms with E-state index in [1.165, 1.54) is 24.3 Å². The molecule has 2 aromatic carbocycles. The van der Waals surface area contributed by atoms with Crippen LogP contribution in [0, 0.1) is 18.6 Å². The maximum Gasteiger partial charge on any atom is 0.123 e. The second-order valence-corrected chi connectivity index (χ2v) is 5.26. The Bertz CT molecular complexity index is 584. The maximum absolute atomic E-state index is 13.1. The normalized spacial score (nSPS) is 10.7. The molecule has 1 nitrogen and oxygen atoms in total. The lowest BCUT2D eigenvalue weighted by Gasteiger charge is -2.09. The molecule has 0 bridgehead atoms. The van der Waals surface area contributed by atoms with Gasteiger partial charge < -0.3 is 5.32 Å². The fraction of sp³-hybridized carbons (Fsp3) is 0.200. The molecule has 0 radical (unpaired) electrons. The summed E-state index contributed by atoms with van der Waals surface area (Å²) in [6.45, 7) is 3.04. The molecule has 0 aromatic heterocycles. The van der Waals surface area contributed by atoms with Gasteiger partial charge in [-0.05, 0) is 53.9 Å². The molecule has 0 spiro atoms. The molecule has 0 amide bonds. The lowest BCUT2D eigenvalue weighted by molar-refractivity contribution is 0.616. The molecule has 1 N–H and O–H groups in total. The number of hydrogen-bond donors (Lipinski definition) is 1. The van der Waals surface area contributed by atoms with Crippen LogP contribution in [-0.4, -0.2) is 0 Å². The molecule has 0 saturated carbocycles. The summed E-state index contributed by atoms with van der Waals surface area (Å²) >= 11 is 3.38. The van der Waals surface area contributed by atoms with E-state index in [2.05, 4.69) is 21.2 Å². The van der Waals surface area contributed by atoms with E-state index in [1.807, 2.05) is 6.92 Å². The van der Waals surface area contributed by atoms with Crippen LogP contribution in [0.4, 0.5) is 8.78 Å². The quantitative estimate of drug-likeness (QED) is 0.882. The number of nitrogens with one attached hydrogen (secondary N) is 1. The van der Waals surface area contributed by atoms with Gasteiger partial charge in [-0.25, -0.2) is 8.78 Å². The molecule has 0 aliphatic rings. The van der Waals surface area contributed by atoms with Gasteiger partial charge in [-0.3, -0.25) is 0 Å².